The third-order valence-electron chi connectivity index (χ3n) is 4.29. The molecule has 1 aromatic heterocycles. The van der Waals surface area contributed by atoms with Crippen molar-refractivity contribution in [1.29, 1.82) is 0 Å². The monoisotopic (exact) mass is 319 g/mol. The van der Waals surface area contributed by atoms with Crippen LogP contribution in [-0.4, -0.2) is 26.5 Å². The van der Waals surface area contributed by atoms with E-state index in [2.05, 4.69) is 38.1 Å². The first kappa shape index (κ1) is 14.6. The van der Waals surface area contributed by atoms with E-state index in [9.17, 15) is 4.79 Å². The molecule has 2 N–H and O–H groups in total. The van der Waals surface area contributed by atoms with E-state index in [0.29, 0.717) is 17.3 Å². The van der Waals surface area contributed by atoms with E-state index >= 15 is 0 Å². The number of hydrogen-bond donors (Lipinski definition) is 2. The summed E-state index contributed by atoms with van der Waals surface area (Å²) in [6.07, 6.45) is 2.33. The summed E-state index contributed by atoms with van der Waals surface area (Å²) in [6.45, 7) is 0. The smallest absolute Gasteiger partial charge is 0.251 e. The quantitative estimate of drug-likeness (QED) is 0.757. The van der Waals surface area contributed by atoms with Gasteiger partial charge >= 0.3 is 0 Å². The minimum Gasteiger partial charge on any atom is -0.345 e. The van der Waals surface area contributed by atoms with Crippen LogP contribution in [-0.2, 0) is 0 Å². The molecule has 1 amide bonds. The first-order valence-electron chi connectivity index (χ1n) is 8.01. The van der Waals surface area contributed by atoms with E-state index in [1.54, 1.807) is 12.1 Å². The molecule has 1 heterocycles. The van der Waals surface area contributed by atoms with Crippen LogP contribution in [0.3, 0.4) is 0 Å². The van der Waals surface area contributed by atoms with Gasteiger partial charge in [0.25, 0.3) is 5.91 Å². The van der Waals surface area contributed by atoms with Crippen LogP contribution >= 0.6 is 0 Å². The largest absolute Gasteiger partial charge is 0.345 e. The van der Waals surface area contributed by atoms with Gasteiger partial charge in [0.15, 0.2) is 0 Å². The molecule has 1 aliphatic rings. The second-order valence-corrected chi connectivity index (χ2v) is 6.01. The number of tetrazole rings is 1. The highest BCUT2D eigenvalue weighted by Gasteiger charge is 2.33. The molecule has 1 atom stereocenters. The van der Waals surface area contributed by atoms with Crippen molar-refractivity contribution in [3.63, 3.8) is 0 Å². The molecule has 1 fully saturated rings. The lowest BCUT2D eigenvalue weighted by molar-refractivity contribution is 0.0931. The summed E-state index contributed by atoms with van der Waals surface area (Å²) in [5.74, 6) is 0.993. The lowest BCUT2D eigenvalue weighted by Gasteiger charge is -2.19. The van der Waals surface area contributed by atoms with Crippen LogP contribution in [0.25, 0.3) is 11.4 Å². The Hall–Kier alpha value is -3.02. The minimum atomic E-state index is -0.0598. The van der Waals surface area contributed by atoms with Crippen molar-refractivity contribution >= 4 is 5.91 Å². The fraction of sp³-hybridized carbons (Fsp3) is 0.222. The zero-order valence-electron chi connectivity index (χ0n) is 13.0. The summed E-state index contributed by atoms with van der Waals surface area (Å²) < 4.78 is 0. The Kier molecular flexibility index (Phi) is 3.78. The summed E-state index contributed by atoms with van der Waals surface area (Å²) in [7, 11) is 0. The van der Waals surface area contributed by atoms with Gasteiger partial charge in [0.05, 0.1) is 6.04 Å². The van der Waals surface area contributed by atoms with Gasteiger partial charge in [0.1, 0.15) is 0 Å². The average molecular weight is 319 g/mol. The van der Waals surface area contributed by atoms with Gasteiger partial charge in [-0.25, -0.2) is 0 Å². The number of hydrogen-bond acceptors (Lipinski definition) is 4. The Morgan fingerprint density at radius 2 is 1.83 bits per heavy atom. The van der Waals surface area contributed by atoms with E-state index < -0.39 is 0 Å². The predicted molar refractivity (Wildman–Crippen MR) is 89.0 cm³/mol. The molecule has 0 saturated heterocycles. The molecule has 24 heavy (non-hydrogen) atoms. The molecule has 120 valence electrons. The highest BCUT2D eigenvalue weighted by molar-refractivity contribution is 5.94. The summed E-state index contributed by atoms with van der Waals surface area (Å²) in [5.41, 5.74) is 2.61. The molecule has 6 nitrogen and oxygen atoms in total. The number of benzene rings is 2. The van der Waals surface area contributed by atoms with Gasteiger partial charge in [-0.05, 0) is 41.7 Å². The zero-order chi connectivity index (χ0) is 16.4. The molecule has 0 aliphatic heterocycles. The van der Waals surface area contributed by atoms with Crippen LogP contribution in [0.5, 0.6) is 0 Å². The second-order valence-electron chi connectivity index (χ2n) is 6.01. The van der Waals surface area contributed by atoms with Gasteiger partial charge in [-0.2, -0.15) is 5.21 Å². The van der Waals surface area contributed by atoms with Crippen LogP contribution in [0.15, 0.2) is 54.6 Å². The molecule has 2 aromatic carbocycles. The summed E-state index contributed by atoms with van der Waals surface area (Å²) in [6, 6.07) is 17.5. The van der Waals surface area contributed by atoms with Gasteiger partial charge < -0.3 is 5.32 Å². The molecule has 0 unspecified atom stereocenters. The average Bonchev–Trinajstić information content (AvgIpc) is 3.33. The van der Waals surface area contributed by atoms with E-state index in [-0.39, 0.29) is 11.9 Å². The maximum atomic E-state index is 12.6. The Labute approximate surface area is 139 Å². The SMILES string of the molecule is O=C(N[C@H](c1ccccc1)C1CC1)c1ccc(-c2nn[nH]n2)cc1. The van der Waals surface area contributed by atoms with Crippen LogP contribution in [0, 0.1) is 5.92 Å². The Balaban J connectivity index is 1.51. The van der Waals surface area contributed by atoms with Crippen molar-refractivity contribution in [2.45, 2.75) is 18.9 Å². The van der Waals surface area contributed by atoms with Crippen molar-refractivity contribution in [2.24, 2.45) is 5.92 Å². The van der Waals surface area contributed by atoms with Crippen molar-refractivity contribution in [1.82, 2.24) is 25.9 Å². The van der Waals surface area contributed by atoms with Gasteiger partial charge in [-0.3, -0.25) is 4.79 Å². The third kappa shape index (κ3) is 3.03. The van der Waals surface area contributed by atoms with Crippen molar-refractivity contribution in [3.05, 3.63) is 65.7 Å². The summed E-state index contributed by atoms with van der Waals surface area (Å²) in [4.78, 5) is 12.6. The number of H-pyrrole nitrogens is 1. The fourth-order valence-electron chi connectivity index (χ4n) is 2.84. The highest BCUT2D eigenvalue weighted by atomic mass is 16.1. The number of nitrogens with one attached hydrogen (secondary N) is 2. The maximum Gasteiger partial charge on any atom is 0.251 e. The minimum absolute atomic E-state index is 0.0598. The number of rotatable bonds is 5. The molecule has 6 heteroatoms. The number of aromatic nitrogens is 4. The fourth-order valence-corrected chi connectivity index (χ4v) is 2.84. The number of nitrogens with zero attached hydrogens (tertiary/aromatic N) is 3. The molecule has 0 radical (unpaired) electrons. The Morgan fingerprint density at radius 1 is 1.08 bits per heavy atom. The topological polar surface area (TPSA) is 83.6 Å². The van der Waals surface area contributed by atoms with Crippen LogP contribution in [0.1, 0.15) is 34.8 Å². The molecule has 4 rings (SSSR count). The van der Waals surface area contributed by atoms with Gasteiger partial charge in [0, 0.05) is 11.1 Å². The number of aromatic amines is 1. The van der Waals surface area contributed by atoms with Gasteiger partial charge in [-0.15, -0.1) is 10.2 Å². The van der Waals surface area contributed by atoms with Crippen molar-refractivity contribution in [2.75, 3.05) is 0 Å². The molecule has 1 aliphatic carbocycles. The third-order valence-corrected chi connectivity index (χ3v) is 4.29. The summed E-state index contributed by atoms with van der Waals surface area (Å²) >= 11 is 0. The summed E-state index contributed by atoms with van der Waals surface area (Å²) in [5, 5.41) is 17.0. The lowest BCUT2D eigenvalue weighted by atomic mass is 10.0. The number of carbonyl (C=O) groups is 1. The van der Waals surface area contributed by atoms with Gasteiger partial charge in [-0.1, -0.05) is 42.5 Å². The van der Waals surface area contributed by atoms with E-state index in [1.807, 2.05) is 30.3 Å². The number of carbonyl (C=O) groups excluding carboxylic acids is 1. The maximum absolute atomic E-state index is 12.6. The first-order valence-corrected chi connectivity index (χ1v) is 8.01. The van der Waals surface area contributed by atoms with Crippen molar-refractivity contribution in [3.8, 4) is 11.4 Å². The van der Waals surface area contributed by atoms with E-state index in [0.717, 1.165) is 24.0 Å². The van der Waals surface area contributed by atoms with E-state index in [4.69, 9.17) is 0 Å². The molecular weight excluding hydrogens is 302 g/mol. The highest BCUT2D eigenvalue weighted by Crippen LogP contribution is 2.41. The Morgan fingerprint density at radius 3 is 2.46 bits per heavy atom. The normalized spacial score (nSPS) is 15.0. The molecule has 0 bridgehead atoms. The molecular formula is C18H17N5O. The van der Waals surface area contributed by atoms with Crippen LogP contribution < -0.4 is 5.32 Å². The van der Waals surface area contributed by atoms with Gasteiger partial charge in [0.2, 0.25) is 5.82 Å². The predicted octanol–water partition coefficient (Wildman–Crippen LogP) is 2.75. The standard InChI is InChI=1S/C18H17N5O/c24-18(15-10-8-14(9-11-15)17-20-22-23-21-17)19-16(13-6-7-13)12-4-2-1-3-5-12/h1-5,8-11,13,16H,6-7H2,(H,19,24)(H,20,21,22,23)/t16-/m1/s1. The second kappa shape index (κ2) is 6.23. The first-order chi connectivity index (χ1) is 11.8. The lowest BCUT2D eigenvalue weighted by Crippen LogP contribution is -2.29. The van der Waals surface area contributed by atoms with Crippen molar-refractivity contribution < 1.29 is 4.79 Å². The van der Waals surface area contributed by atoms with E-state index in [1.165, 1.54) is 0 Å². The van der Waals surface area contributed by atoms with Crippen LogP contribution in [0.2, 0.25) is 0 Å². The number of amides is 1. The molecule has 1 saturated carbocycles. The Bertz CT molecular complexity index is 810. The molecule has 0 spiro atoms. The van der Waals surface area contributed by atoms with Crippen LogP contribution in [0.4, 0.5) is 0 Å². The molecule has 3 aromatic rings. The zero-order valence-corrected chi connectivity index (χ0v) is 13.0.